The lowest BCUT2D eigenvalue weighted by atomic mass is 10.0. The van der Waals surface area contributed by atoms with Gasteiger partial charge in [-0.1, -0.05) is 44.2 Å². The zero-order valence-corrected chi connectivity index (χ0v) is 18.1. The van der Waals surface area contributed by atoms with E-state index >= 15 is 0 Å². The topological polar surface area (TPSA) is 82.8 Å². The van der Waals surface area contributed by atoms with Crippen molar-refractivity contribution in [3.05, 3.63) is 93.8 Å². The smallest absolute Gasteiger partial charge is 0.251 e. The third kappa shape index (κ3) is 4.86. The number of hydrogen-bond acceptors (Lipinski definition) is 4. The summed E-state index contributed by atoms with van der Waals surface area (Å²) in [6.07, 6.45) is 2.76. The molecule has 31 heavy (non-hydrogen) atoms. The molecule has 4 aromatic rings. The summed E-state index contributed by atoms with van der Waals surface area (Å²) in [5.41, 5.74) is 4.07. The van der Waals surface area contributed by atoms with E-state index in [9.17, 15) is 4.79 Å². The lowest BCUT2D eigenvalue weighted by Crippen LogP contribution is -2.26. The van der Waals surface area contributed by atoms with E-state index in [1.807, 2.05) is 56.4 Å². The largest absolute Gasteiger partial charge is 0.497 e. The van der Waals surface area contributed by atoms with Crippen molar-refractivity contribution in [1.29, 1.82) is 0 Å². The number of nitrogens with one attached hydrogen (secondary N) is 3. The van der Waals surface area contributed by atoms with Crippen LogP contribution in [0.3, 0.4) is 0 Å². The van der Waals surface area contributed by atoms with E-state index in [1.165, 1.54) is 10.9 Å². The second-order valence-electron chi connectivity index (χ2n) is 8.06. The minimum Gasteiger partial charge on any atom is -0.497 e. The Morgan fingerprint density at radius 1 is 1.10 bits per heavy atom. The molecule has 3 N–H and O–H groups in total. The molecule has 6 nitrogen and oxygen atoms in total. The lowest BCUT2D eigenvalue weighted by molar-refractivity contribution is 0.414. The summed E-state index contributed by atoms with van der Waals surface area (Å²) in [7, 11) is 1.66. The molecule has 0 amide bonds. The molecule has 0 aliphatic rings. The van der Waals surface area contributed by atoms with Crippen LogP contribution < -0.4 is 15.6 Å². The summed E-state index contributed by atoms with van der Waals surface area (Å²) in [5.74, 6) is 1.68. The fourth-order valence-electron chi connectivity index (χ4n) is 3.73. The first-order valence-corrected chi connectivity index (χ1v) is 10.6. The minimum absolute atomic E-state index is 0.110. The number of nitrogens with zero attached hydrogens (tertiary/aromatic N) is 1. The zero-order valence-electron chi connectivity index (χ0n) is 18.1. The van der Waals surface area contributed by atoms with Crippen LogP contribution in [0.25, 0.3) is 10.9 Å². The van der Waals surface area contributed by atoms with Gasteiger partial charge in [-0.05, 0) is 35.7 Å². The number of H-pyrrole nitrogens is 2. The molecule has 0 spiro atoms. The normalized spacial score (nSPS) is 12.4. The lowest BCUT2D eigenvalue weighted by Gasteiger charge is -2.19. The number of hydrogen-bond donors (Lipinski definition) is 3. The summed E-state index contributed by atoms with van der Waals surface area (Å²) < 4.78 is 5.25. The average Bonchev–Trinajstić information content (AvgIpc) is 3.19. The summed E-state index contributed by atoms with van der Waals surface area (Å²) in [5, 5.41) is 4.80. The summed E-state index contributed by atoms with van der Waals surface area (Å²) >= 11 is 0. The second kappa shape index (κ2) is 9.18. The number of benzene rings is 2. The van der Waals surface area contributed by atoms with Gasteiger partial charge >= 0.3 is 0 Å². The van der Waals surface area contributed by atoms with Crippen LogP contribution in [0, 0.1) is 0 Å². The summed E-state index contributed by atoms with van der Waals surface area (Å²) in [6, 6.07) is 17.7. The van der Waals surface area contributed by atoms with Crippen molar-refractivity contribution >= 4 is 10.9 Å². The van der Waals surface area contributed by atoms with Gasteiger partial charge in [-0.2, -0.15) is 0 Å². The highest BCUT2D eigenvalue weighted by Gasteiger charge is 2.18. The molecule has 1 atom stereocenters. The standard InChI is InChI=1S/C25H28N4O2/c1-16(2)25-28-23(13-24(30)29-25)22(26-14-17-8-10-19(31-3)11-9-17)12-18-15-27-21-7-5-4-6-20(18)21/h4-11,13,15-16,22,26-27H,12,14H2,1-3H3,(H,28,29,30). The highest BCUT2D eigenvalue weighted by atomic mass is 16.5. The third-order valence-corrected chi connectivity index (χ3v) is 5.49. The van der Waals surface area contributed by atoms with Gasteiger partial charge in [0, 0.05) is 35.6 Å². The first-order chi connectivity index (χ1) is 15.0. The van der Waals surface area contributed by atoms with Crippen LogP contribution in [0.2, 0.25) is 0 Å². The highest BCUT2D eigenvalue weighted by molar-refractivity contribution is 5.83. The fourth-order valence-corrected chi connectivity index (χ4v) is 3.73. The molecular formula is C25H28N4O2. The molecular weight excluding hydrogens is 388 g/mol. The molecule has 0 aliphatic heterocycles. The van der Waals surface area contributed by atoms with Crippen LogP contribution in [0.5, 0.6) is 5.75 Å². The Balaban J connectivity index is 1.65. The maximum absolute atomic E-state index is 12.3. The SMILES string of the molecule is COc1ccc(CNC(Cc2c[nH]c3ccccc23)c2cc(=O)[nH]c(C(C)C)n2)cc1. The highest BCUT2D eigenvalue weighted by Crippen LogP contribution is 2.24. The Morgan fingerprint density at radius 3 is 2.61 bits per heavy atom. The number of fused-ring (bicyclic) bond motifs is 1. The van der Waals surface area contributed by atoms with Crippen LogP contribution >= 0.6 is 0 Å². The monoisotopic (exact) mass is 416 g/mol. The zero-order chi connectivity index (χ0) is 21.8. The molecule has 4 rings (SSSR count). The van der Waals surface area contributed by atoms with Gasteiger partial charge < -0.3 is 20.0 Å². The molecule has 1 unspecified atom stereocenters. The van der Waals surface area contributed by atoms with Gasteiger partial charge in [0.05, 0.1) is 18.8 Å². The van der Waals surface area contributed by atoms with Crippen molar-refractivity contribution in [2.24, 2.45) is 0 Å². The van der Waals surface area contributed by atoms with Crippen molar-refractivity contribution in [3.63, 3.8) is 0 Å². The van der Waals surface area contributed by atoms with E-state index in [0.29, 0.717) is 18.8 Å². The maximum atomic E-state index is 12.3. The van der Waals surface area contributed by atoms with Crippen LogP contribution in [0.15, 0.2) is 65.6 Å². The Labute approximate surface area is 181 Å². The molecule has 2 heterocycles. The predicted molar refractivity (Wildman–Crippen MR) is 124 cm³/mol. The van der Waals surface area contributed by atoms with Gasteiger partial charge in [0.1, 0.15) is 11.6 Å². The van der Waals surface area contributed by atoms with Crippen LogP contribution in [0.4, 0.5) is 0 Å². The van der Waals surface area contributed by atoms with Crippen LogP contribution in [-0.2, 0) is 13.0 Å². The molecule has 0 saturated heterocycles. The van der Waals surface area contributed by atoms with Gasteiger partial charge in [0.15, 0.2) is 0 Å². The summed E-state index contributed by atoms with van der Waals surface area (Å²) in [6.45, 7) is 4.71. The van der Waals surface area contributed by atoms with Crippen molar-refractivity contribution in [2.45, 2.75) is 38.8 Å². The van der Waals surface area contributed by atoms with Crippen molar-refractivity contribution in [2.75, 3.05) is 7.11 Å². The Bertz CT molecular complexity index is 1210. The number of ether oxygens (including phenoxy) is 1. The molecule has 0 radical (unpaired) electrons. The molecule has 0 saturated carbocycles. The molecule has 6 heteroatoms. The van der Waals surface area contributed by atoms with E-state index in [0.717, 1.165) is 22.5 Å². The van der Waals surface area contributed by atoms with E-state index in [2.05, 4.69) is 27.4 Å². The first kappa shape index (κ1) is 20.9. The fraction of sp³-hybridized carbons (Fsp3) is 0.280. The van der Waals surface area contributed by atoms with Crippen LogP contribution in [-0.4, -0.2) is 22.1 Å². The van der Waals surface area contributed by atoms with Gasteiger partial charge in [0.25, 0.3) is 5.56 Å². The number of rotatable bonds is 8. The van der Waals surface area contributed by atoms with Crippen molar-refractivity contribution in [3.8, 4) is 5.75 Å². The third-order valence-electron chi connectivity index (χ3n) is 5.49. The average molecular weight is 417 g/mol. The molecule has 0 aliphatic carbocycles. The number of para-hydroxylation sites is 1. The van der Waals surface area contributed by atoms with Crippen molar-refractivity contribution < 1.29 is 4.74 Å². The van der Waals surface area contributed by atoms with E-state index in [1.54, 1.807) is 13.2 Å². The van der Waals surface area contributed by atoms with E-state index in [4.69, 9.17) is 9.72 Å². The molecule has 2 aromatic heterocycles. The Kier molecular flexibility index (Phi) is 6.18. The van der Waals surface area contributed by atoms with Gasteiger partial charge in [-0.25, -0.2) is 4.98 Å². The minimum atomic E-state index is -0.121. The van der Waals surface area contributed by atoms with E-state index in [-0.39, 0.29) is 17.5 Å². The second-order valence-corrected chi connectivity index (χ2v) is 8.06. The van der Waals surface area contributed by atoms with Gasteiger partial charge in [0.2, 0.25) is 0 Å². The summed E-state index contributed by atoms with van der Waals surface area (Å²) in [4.78, 5) is 23.3. The number of methoxy groups -OCH3 is 1. The maximum Gasteiger partial charge on any atom is 0.251 e. The Morgan fingerprint density at radius 2 is 1.87 bits per heavy atom. The number of aromatic amines is 2. The molecule has 2 aromatic carbocycles. The first-order valence-electron chi connectivity index (χ1n) is 10.6. The van der Waals surface area contributed by atoms with Gasteiger partial charge in [-0.15, -0.1) is 0 Å². The molecule has 0 bridgehead atoms. The van der Waals surface area contributed by atoms with Gasteiger partial charge in [-0.3, -0.25) is 4.79 Å². The number of aromatic nitrogens is 3. The molecule has 160 valence electrons. The predicted octanol–water partition coefficient (Wildman–Crippen LogP) is 4.46. The van der Waals surface area contributed by atoms with Crippen LogP contribution in [0.1, 0.15) is 48.5 Å². The molecule has 0 fully saturated rings. The van der Waals surface area contributed by atoms with Crippen molar-refractivity contribution in [1.82, 2.24) is 20.3 Å². The quantitative estimate of drug-likeness (QED) is 0.396. The van der Waals surface area contributed by atoms with E-state index < -0.39 is 0 Å². The Hall–Kier alpha value is -3.38.